The minimum absolute atomic E-state index is 0.141. The Morgan fingerprint density at radius 2 is 2.38 bits per heavy atom. The number of halogens is 1. The standard InChI is InChI=1S/C11H12FN3S/c1-13-10(11-7-14-15-16-11)6-8-3-2-4-9(12)5-8/h2-5,7,10,13H,6H2,1H3. The molecule has 3 nitrogen and oxygen atoms in total. The molecule has 1 heterocycles. The lowest BCUT2D eigenvalue weighted by Crippen LogP contribution is -2.17. The van der Waals surface area contributed by atoms with Gasteiger partial charge in [-0.25, -0.2) is 4.39 Å². The largest absolute Gasteiger partial charge is 0.312 e. The Balaban J connectivity index is 2.13. The third kappa shape index (κ3) is 2.62. The molecule has 84 valence electrons. The van der Waals surface area contributed by atoms with E-state index in [0.29, 0.717) is 0 Å². The Hall–Kier alpha value is -1.33. The lowest BCUT2D eigenvalue weighted by molar-refractivity contribution is 0.591. The smallest absolute Gasteiger partial charge is 0.123 e. The molecular formula is C11H12FN3S. The van der Waals surface area contributed by atoms with Crippen LogP contribution in [0.15, 0.2) is 30.5 Å². The fraction of sp³-hybridized carbons (Fsp3) is 0.273. The van der Waals surface area contributed by atoms with Gasteiger partial charge in [-0.3, -0.25) is 0 Å². The maximum absolute atomic E-state index is 13.0. The summed E-state index contributed by atoms with van der Waals surface area (Å²) >= 11 is 1.36. The predicted molar refractivity (Wildman–Crippen MR) is 61.8 cm³/mol. The van der Waals surface area contributed by atoms with Gasteiger partial charge in [0.2, 0.25) is 0 Å². The molecule has 0 bridgehead atoms. The average Bonchev–Trinajstić information content (AvgIpc) is 2.79. The maximum Gasteiger partial charge on any atom is 0.123 e. The molecule has 0 fully saturated rings. The van der Waals surface area contributed by atoms with Gasteiger partial charge in [0.1, 0.15) is 5.82 Å². The quantitative estimate of drug-likeness (QED) is 0.885. The number of rotatable bonds is 4. The van der Waals surface area contributed by atoms with Crippen LogP contribution in [0.3, 0.4) is 0 Å². The van der Waals surface area contributed by atoms with Gasteiger partial charge in [-0.1, -0.05) is 16.6 Å². The molecule has 0 radical (unpaired) electrons. The third-order valence-electron chi connectivity index (χ3n) is 2.40. The monoisotopic (exact) mass is 237 g/mol. The fourth-order valence-electron chi connectivity index (χ4n) is 1.57. The second-order valence-electron chi connectivity index (χ2n) is 3.50. The molecule has 5 heteroatoms. The van der Waals surface area contributed by atoms with E-state index in [1.54, 1.807) is 18.3 Å². The first-order chi connectivity index (χ1) is 7.79. The Kier molecular flexibility index (Phi) is 3.58. The van der Waals surface area contributed by atoms with Crippen molar-refractivity contribution in [1.82, 2.24) is 14.9 Å². The van der Waals surface area contributed by atoms with Crippen molar-refractivity contribution in [3.05, 3.63) is 46.7 Å². The fourth-order valence-corrected chi connectivity index (χ4v) is 2.18. The van der Waals surface area contributed by atoms with Crippen molar-refractivity contribution in [3.8, 4) is 0 Å². The van der Waals surface area contributed by atoms with Crippen LogP contribution in [0.5, 0.6) is 0 Å². The average molecular weight is 237 g/mol. The van der Waals surface area contributed by atoms with Gasteiger partial charge in [0.15, 0.2) is 0 Å². The molecule has 1 unspecified atom stereocenters. The summed E-state index contributed by atoms with van der Waals surface area (Å²) in [6, 6.07) is 6.79. The number of hydrogen-bond donors (Lipinski definition) is 1. The molecule has 0 aliphatic rings. The van der Waals surface area contributed by atoms with E-state index in [4.69, 9.17) is 0 Å². The van der Waals surface area contributed by atoms with Gasteiger partial charge in [0.05, 0.1) is 11.1 Å². The third-order valence-corrected chi connectivity index (χ3v) is 3.18. The molecule has 0 saturated carbocycles. The summed E-state index contributed by atoms with van der Waals surface area (Å²) in [7, 11) is 1.88. The van der Waals surface area contributed by atoms with Crippen molar-refractivity contribution in [1.29, 1.82) is 0 Å². The normalized spacial score (nSPS) is 12.6. The summed E-state index contributed by atoms with van der Waals surface area (Å²) in [5.74, 6) is -0.199. The van der Waals surface area contributed by atoms with Crippen LogP contribution >= 0.6 is 11.5 Å². The number of nitrogens with one attached hydrogen (secondary N) is 1. The molecule has 1 atom stereocenters. The van der Waals surface area contributed by atoms with Crippen LogP contribution in [0.25, 0.3) is 0 Å². The molecule has 2 aromatic rings. The lowest BCUT2D eigenvalue weighted by atomic mass is 10.1. The van der Waals surface area contributed by atoms with Crippen LogP contribution in [-0.2, 0) is 6.42 Å². The zero-order valence-electron chi connectivity index (χ0n) is 8.85. The van der Waals surface area contributed by atoms with E-state index in [0.717, 1.165) is 16.9 Å². The van der Waals surface area contributed by atoms with Gasteiger partial charge in [0.25, 0.3) is 0 Å². The van der Waals surface area contributed by atoms with Gasteiger partial charge in [-0.2, -0.15) is 0 Å². The predicted octanol–water partition coefficient (Wildman–Crippen LogP) is 2.18. The van der Waals surface area contributed by atoms with E-state index in [2.05, 4.69) is 14.9 Å². The summed E-state index contributed by atoms with van der Waals surface area (Å²) in [5.41, 5.74) is 0.966. The van der Waals surface area contributed by atoms with Crippen molar-refractivity contribution in [2.24, 2.45) is 0 Å². The summed E-state index contributed by atoms with van der Waals surface area (Å²) in [6.45, 7) is 0. The van der Waals surface area contributed by atoms with Crippen molar-refractivity contribution < 1.29 is 4.39 Å². The molecule has 0 aliphatic carbocycles. The molecule has 1 aromatic carbocycles. The highest BCUT2D eigenvalue weighted by atomic mass is 32.1. The van der Waals surface area contributed by atoms with Gasteiger partial charge >= 0.3 is 0 Å². The Morgan fingerprint density at radius 1 is 1.50 bits per heavy atom. The zero-order valence-corrected chi connectivity index (χ0v) is 9.67. The zero-order chi connectivity index (χ0) is 11.4. The van der Waals surface area contributed by atoms with Crippen LogP contribution in [0, 0.1) is 5.82 Å². The highest BCUT2D eigenvalue weighted by molar-refractivity contribution is 7.05. The maximum atomic E-state index is 13.0. The molecule has 16 heavy (non-hydrogen) atoms. The van der Waals surface area contributed by atoms with Gasteiger partial charge < -0.3 is 5.32 Å². The number of benzene rings is 1. The molecule has 0 aliphatic heterocycles. The van der Waals surface area contributed by atoms with Crippen molar-refractivity contribution in [3.63, 3.8) is 0 Å². The van der Waals surface area contributed by atoms with Gasteiger partial charge in [0, 0.05) is 6.04 Å². The molecule has 1 N–H and O–H groups in total. The lowest BCUT2D eigenvalue weighted by Gasteiger charge is -2.13. The Morgan fingerprint density at radius 3 is 3.00 bits per heavy atom. The molecule has 0 saturated heterocycles. The molecule has 1 aromatic heterocycles. The van der Waals surface area contributed by atoms with E-state index in [1.165, 1.54) is 17.6 Å². The minimum atomic E-state index is -0.199. The van der Waals surface area contributed by atoms with E-state index < -0.39 is 0 Å². The molecule has 0 spiro atoms. The van der Waals surface area contributed by atoms with Crippen LogP contribution in [0.4, 0.5) is 4.39 Å². The summed E-state index contributed by atoms with van der Waals surface area (Å²) in [6.07, 6.45) is 2.48. The molecule has 0 amide bonds. The van der Waals surface area contributed by atoms with E-state index in [1.807, 2.05) is 13.1 Å². The van der Waals surface area contributed by atoms with E-state index in [9.17, 15) is 4.39 Å². The highest BCUT2D eigenvalue weighted by Gasteiger charge is 2.12. The van der Waals surface area contributed by atoms with Gasteiger partial charge in [-0.05, 0) is 42.7 Å². The van der Waals surface area contributed by atoms with Crippen molar-refractivity contribution in [2.45, 2.75) is 12.5 Å². The number of likely N-dealkylation sites (N-methyl/N-ethyl adjacent to an activating group) is 1. The van der Waals surface area contributed by atoms with Gasteiger partial charge in [-0.15, -0.1) is 5.10 Å². The summed E-state index contributed by atoms with van der Waals surface area (Å²) in [4.78, 5) is 1.06. The number of nitrogens with zero attached hydrogens (tertiary/aromatic N) is 2. The second-order valence-corrected chi connectivity index (χ2v) is 4.31. The second kappa shape index (κ2) is 5.14. The topological polar surface area (TPSA) is 37.8 Å². The Labute approximate surface area is 97.5 Å². The first kappa shape index (κ1) is 11.2. The first-order valence-corrected chi connectivity index (χ1v) is 5.76. The van der Waals surface area contributed by atoms with Crippen LogP contribution in [0.1, 0.15) is 16.5 Å². The molecular weight excluding hydrogens is 225 g/mol. The summed E-state index contributed by atoms with van der Waals surface area (Å²) < 4.78 is 16.8. The van der Waals surface area contributed by atoms with Crippen LogP contribution < -0.4 is 5.32 Å². The van der Waals surface area contributed by atoms with E-state index >= 15 is 0 Å². The van der Waals surface area contributed by atoms with Crippen LogP contribution in [-0.4, -0.2) is 16.6 Å². The SMILES string of the molecule is CNC(Cc1cccc(F)c1)c1cnns1. The summed E-state index contributed by atoms with van der Waals surface area (Å²) in [5, 5.41) is 6.99. The first-order valence-electron chi connectivity index (χ1n) is 4.98. The van der Waals surface area contributed by atoms with Crippen molar-refractivity contribution in [2.75, 3.05) is 7.05 Å². The number of hydrogen-bond acceptors (Lipinski definition) is 4. The number of aromatic nitrogens is 2. The van der Waals surface area contributed by atoms with Crippen molar-refractivity contribution >= 4 is 11.5 Å². The minimum Gasteiger partial charge on any atom is -0.312 e. The highest BCUT2D eigenvalue weighted by Crippen LogP contribution is 2.20. The molecule has 2 rings (SSSR count). The van der Waals surface area contributed by atoms with Crippen LogP contribution in [0.2, 0.25) is 0 Å². The Bertz CT molecular complexity index is 444. The van der Waals surface area contributed by atoms with E-state index in [-0.39, 0.29) is 11.9 Å².